The fourth-order valence-corrected chi connectivity index (χ4v) is 4.86. The lowest BCUT2D eigenvalue weighted by Gasteiger charge is -2.32. The van der Waals surface area contributed by atoms with E-state index in [1.165, 1.54) is 0 Å². The molecule has 2 saturated heterocycles. The molecule has 0 bridgehead atoms. The molecule has 2 fully saturated rings. The number of hydrogen-bond donors (Lipinski definition) is 2. The number of rotatable bonds is 7. The van der Waals surface area contributed by atoms with Crippen molar-refractivity contribution < 1.29 is 19.4 Å². The molecule has 0 aliphatic carbocycles. The minimum Gasteiger partial charge on any atom is -0.489 e. The molecule has 9 heteroatoms. The summed E-state index contributed by atoms with van der Waals surface area (Å²) in [4.78, 5) is 23.5. The summed E-state index contributed by atoms with van der Waals surface area (Å²) in [6.07, 6.45) is 9.27. The summed E-state index contributed by atoms with van der Waals surface area (Å²) in [5.41, 5.74) is 4.17. The molecule has 2 aliphatic rings. The number of piperidine rings is 1. The van der Waals surface area contributed by atoms with Crippen LogP contribution in [0.5, 0.6) is 5.75 Å². The molecule has 2 aliphatic heterocycles. The summed E-state index contributed by atoms with van der Waals surface area (Å²) in [7, 11) is 0. The van der Waals surface area contributed by atoms with Crippen molar-refractivity contribution in [3.05, 3.63) is 53.9 Å². The molecule has 3 aromatic rings. The number of ether oxygens (including phenoxy) is 2. The topological polar surface area (TPSA) is 115 Å². The van der Waals surface area contributed by atoms with E-state index in [1.807, 2.05) is 30.6 Å². The van der Waals surface area contributed by atoms with Crippen LogP contribution in [0, 0.1) is 11.3 Å². The molecule has 4 heterocycles. The lowest BCUT2D eigenvalue weighted by molar-refractivity contribution is -0.135. The van der Waals surface area contributed by atoms with Crippen molar-refractivity contribution in [2.45, 2.75) is 18.9 Å². The fraction of sp³-hybridized carbons (Fsp3) is 0.393. The Hall–Kier alpha value is -3.71. The third-order valence-corrected chi connectivity index (χ3v) is 6.96. The minimum absolute atomic E-state index is 0.0789. The van der Waals surface area contributed by atoms with E-state index in [1.54, 1.807) is 4.90 Å². The molecule has 2 aromatic heterocycles. The first-order chi connectivity index (χ1) is 18.1. The Balaban J connectivity index is 1.30. The number of fused-ring (bicyclic) bond motifs is 1. The summed E-state index contributed by atoms with van der Waals surface area (Å²) < 4.78 is 11.6. The van der Waals surface area contributed by atoms with E-state index in [0.717, 1.165) is 60.6 Å². The number of hydrogen-bond acceptors (Lipinski definition) is 7. The Morgan fingerprint density at radius 1 is 1.24 bits per heavy atom. The predicted octanol–water partition coefficient (Wildman–Crippen LogP) is 2.81. The molecule has 192 valence electrons. The van der Waals surface area contributed by atoms with Gasteiger partial charge in [-0.25, -0.2) is 4.98 Å². The van der Waals surface area contributed by atoms with E-state index >= 15 is 0 Å². The molecule has 0 spiro atoms. The number of aromatic nitrogens is 2. The van der Waals surface area contributed by atoms with Gasteiger partial charge in [0.05, 0.1) is 18.8 Å². The molecule has 1 aromatic carbocycles. The van der Waals surface area contributed by atoms with Crippen molar-refractivity contribution >= 4 is 23.0 Å². The largest absolute Gasteiger partial charge is 0.489 e. The Kier molecular flexibility index (Phi) is 7.80. The first-order valence-electron chi connectivity index (χ1n) is 12.7. The SMILES string of the molecule is N#Cc1cc(-c2c[nH]c3ncc(/C=C/CN4CCOCC4)cc23)ccc1OC1CCN(C(=O)CO)CC1. The Morgan fingerprint density at radius 2 is 2.05 bits per heavy atom. The number of likely N-dealkylation sites (tertiary alicyclic amines) is 1. The summed E-state index contributed by atoms with van der Waals surface area (Å²) in [6.45, 7) is 4.96. The molecule has 5 rings (SSSR count). The van der Waals surface area contributed by atoms with E-state index in [9.17, 15) is 10.1 Å². The van der Waals surface area contributed by atoms with Gasteiger partial charge in [-0.15, -0.1) is 0 Å². The van der Waals surface area contributed by atoms with Crippen LogP contribution in [0.1, 0.15) is 24.0 Å². The monoisotopic (exact) mass is 501 g/mol. The van der Waals surface area contributed by atoms with Crippen LogP contribution in [0.4, 0.5) is 0 Å². The molecule has 1 amide bonds. The van der Waals surface area contributed by atoms with Gasteiger partial charge < -0.3 is 24.5 Å². The smallest absolute Gasteiger partial charge is 0.248 e. The minimum atomic E-state index is -0.471. The second kappa shape index (κ2) is 11.6. The fourth-order valence-electron chi connectivity index (χ4n) is 4.86. The van der Waals surface area contributed by atoms with Crippen LogP contribution in [0.15, 0.2) is 42.7 Å². The number of H-pyrrole nitrogens is 1. The number of morpholine rings is 1. The highest BCUT2D eigenvalue weighted by Crippen LogP contribution is 2.32. The van der Waals surface area contributed by atoms with Crippen LogP contribution >= 0.6 is 0 Å². The molecule has 9 nitrogen and oxygen atoms in total. The van der Waals surface area contributed by atoms with Gasteiger partial charge in [0.1, 0.15) is 30.2 Å². The third kappa shape index (κ3) is 5.83. The molecule has 0 radical (unpaired) electrons. The van der Waals surface area contributed by atoms with Gasteiger partial charge in [-0.05, 0) is 29.3 Å². The van der Waals surface area contributed by atoms with Crippen LogP contribution in [0.25, 0.3) is 28.2 Å². The van der Waals surface area contributed by atoms with Gasteiger partial charge in [-0.2, -0.15) is 5.26 Å². The third-order valence-electron chi connectivity index (χ3n) is 6.96. The second-order valence-corrected chi connectivity index (χ2v) is 9.36. The molecule has 0 unspecified atom stereocenters. The maximum absolute atomic E-state index is 11.7. The van der Waals surface area contributed by atoms with Gasteiger partial charge >= 0.3 is 0 Å². The van der Waals surface area contributed by atoms with Crippen molar-refractivity contribution in [1.82, 2.24) is 19.8 Å². The summed E-state index contributed by atoms with van der Waals surface area (Å²) >= 11 is 0. The number of nitrogens with zero attached hydrogens (tertiary/aromatic N) is 4. The number of nitrogens with one attached hydrogen (secondary N) is 1. The highest BCUT2D eigenvalue weighted by atomic mass is 16.5. The van der Waals surface area contributed by atoms with Crippen molar-refractivity contribution in [2.75, 3.05) is 52.5 Å². The average Bonchev–Trinajstić information content (AvgIpc) is 3.37. The molecular weight excluding hydrogens is 470 g/mol. The number of carbonyl (C=O) groups is 1. The van der Waals surface area contributed by atoms with Gasteiger partial charge in [-0.3, -0.25) is 9.69 Å². The first kappa shape index (κ1) is 25.0. The van der Waals surface area contributed by atoms with Crippen LogP contribution in [-0.4, -0.2) is 89.4 Å². The highest BCUT2D eigenvalue weighted by molar-refractivity contribution is 5.95. The zero-order valence-electron chi connectivity index (χ0n) is 20.7. The van der Waals surface area contributed by atoms with Crippen molar-refractivity contribution in [3.8, 4) is 22.9 Å². The van der Waals surface area contributed by atoms with Crippen LogP contribution in [0.2, 0.25) is 0 Å². The summed E-state index contributed by atoms with van der Waals surface area (Å²) in [5, 5.41) is 19.9. The number of pyridine rings is 1. The van der Waals surface area contributed by atoms with Gasteiger partial charge in [0.25, 0.3) is 0 Å². The molecule has 0 atom stereocenters. The Bertz CT molecular complexity index is 1310. The maximum Gasteiger partial charge on any atom is 0.248 e. The van der Waals surface area contributed by atoms with E-state index in [-0.39, 0.29) is 12.0 Å². The standard InChI is InChI=1S/C28H31N5O4/c29-16-22-15-21(3-4-26(22)37-23-5-8-33(9-6-23)27(35)19-34)25-18-31-28-24(25)14-20(17-30-28)2-1-7-32-10-12-36-13-11-32/h1-4,14-15,17-18,23,34H,5-13,19H2,(H,30,31)/b2-1+. The predicted molar refractivity (Wildman–Crippen MR) is 140 cm³/mol. The van der Waals surface area contributed by atoms with E-state index < -0.39 is 6.61 Å². The van der Waals surface area contributed by atoms with Crippen molar-refractivity contribution in [3.63, 3.8) is 0 Å². The van der Waals surface area contributed by atoms with Crippen molar-refractivity contribution in [2.24, 2.45) is 0 Å². The van der Waals surface area contributed by atoms with Gasteiger partial charge in [0.2, 0.25) is 5.91 Å². The number of nitriles is 1. The lowest BCUT2D eigenvalue weighted by atomic mass is 10.0. The number of carbonyl (C=O) groups excluding carboxylic acids is 1. The van der Waals surface area contributed by atoms with Gasteiger partial charge in [0, 0.05) is 68.9 Å². The Labute approximate surface area is 215 Å². The number of aliphatic hydroxyl groups is 1. The van der Waals surface area contributed by atoms with Gasteiger partial charge in [0.15, 0.2) is 0 Å². The van der Waals surface area contributed by atoms with E-state index in [0.29, 0.717) is 37.2 Å². The number of amides is 1. The maximum atomic E-state index is 11.7. The van der Waals surface area contributed by atoms with Crippen molar-refractivity contribution in [1.29, 1.82) is 5.26 Å². The number of aliphatic hydroxyl groups excluding tert-OH is 1. The number of aromatic amines is 1. The molecule has 2 N–H and O–H groups in total. The highest BCUT2D eigenvalue weighted by Gasteiger charge is 2.24. The summed E-state index contributed by atoms with van der Waals surface area (Å²) in [6, 6.07) is 10.0. The molecular formula is C28H31N5O4. The van der Waals surface area contributed by atoms with E-state index in [2.05, 4.69) is 39.2 Å². The summed E-state index contributed by atoms with van der Waals surface area (Å²) in [5.74, 6) is 0.285. The zero-order chi connectivity index (χ0) is 25.6. The number of benzene rings is 1. The zero-order valence-corrected chi connectivity index (χ0v) is 20.7. The first-order valence-corrected chi connectivity index (χ1v) is 12.7. The quantitative estimate of drug-likeness (QED) is 0.512. The lowest BCUT2D eigenvalue weighted by Crippen LogP contribution is -2.42. The van der Waals surface area contributed by atoms with E-state index in [4.69, 9.17) is 14.6 Å². The average molecular weight is 502 g/mol. The van der Waals surface area contributed by atoms with Crippen LogP contribution in [0.3, 0.4) is 0 Å². The molecule has 37 heavy (non-hydrogen) atoms. The second-order valence-electron chi connectivity index (χ2n) is 9.36. The van der Waals surface area contributed by atoms with Crippen LogP contribution < -0.4 is 4.74 Å². The van der Waals surface area contributed by atoms with Gasteiger partial charge in [-0.1, -0.05) is 18.2 Å². The normalized spacial score (nSPS) is 17.4. The Morgan fingerprint density at radius 3 is 2.81 bits per heavy atom. The molecule has 0 saturated carbocycles. The van der Waals surface area contributed by atoms with Crippen LogP contribution in [-0.2, 0) is 9.53 Å².